The minimum Gasteiger partial charge on any atom is -0.150 e. The first-order valence-corrected chi connectivity index (χ1v) is 21.5. The number of hydrogen-bond acceptors (Lipinski definition) is 4. The molecule has 2 aromatic heterocycles. The third-order valence-electron chi connectivity index (χ3n) is 12.1. The molecular weight excluding hydrogens is 697 g/mol. The quantitative estimate of drug-likeness (QED) is 0.110. The van der Waals surface area contributed by atoms with Gasteiger partial charge in [-0.2, -0.15) is 20.4 Å². The zero-order valence-corrected chi connectivity index (χ0v) is 35.5. The van der Waals surface area contributed by atoms with Crippen molar-refractivity contribution >= 4 is 22.1 Å². The maximum absolute atomic E-state index is 5.29. The first-order valence-electron chi connectivity index (χ1n) is 21.5. The van der Waals surface area contributed by atoms with Gasteiger partial charge >= 0.3 is 0 Å². The smallest absolute Gasteiger partial charge is 0.150 e. The molecule has 0 saturated heterocycles. The molecule has 0 fully saturated rings. The molecule has 0 amide bonds. The average Bonchev–Trinajstić information content (AvgIpc) is 3.90. The molecule has 0 aliphatic heterocycles. The van der Waals surface area contributed by atoms with Crippen molar-refractivity contribution in [3.05, 3.63) is 130 Å². The van der Waals surface area contributed by atoms with Crippen LogP contribution in [0.1, 0.15) is 140 Å². The molecule has 0 radical (unpaired) electrons. The average molecular weight is 757 g/mol. The van der Waals surface area contributed by atoms with Gasteiger partial charge in [-0.15, -0.1) is 9.59 Å². The molecule has 8 rings (SSSR count). The Balaban J connectivity index is 1.42. The Labute approximate surface area is 339 Å². The predicted octanol–water partition coefficient (Wildman–Crippen LogP) is 13.0. The van der Waals surface area contributed by atoms with Crippen LogP contribution in [0.15, 0.2) is 97.1 Å². The molecule has 7 aromatic rings. The van der Waals surface area contributed by atoms with E-state index in [1.165, 1.54) is 84.7 Å². The maximum atomic E-state index is 5.29. The van der Waals surface area contributed by atoms with E-state index in [4.69, 9.17) is 20.4 Å². The lowest BCUT2D eigenvalue weighted by Crippen LogP contribution is -2.45. The lowest BCUT2D eigenvalue weighted by Gasteiger charge is -2.31. The van der Waals surface area contributed by atoms with Crippen molar-refractivity contribution in [3.63, 3.8) is 0 Å². The number of aromatic nitrogens is 6. The summed E-state index contributed by atoms with van der Waals surface area (Å²) in [6.07, 6.45) is 12.1. The van der Waals surface area contributed by atoms with Gasteiger partial charge < -0.3 is 0 Å². The fourth-order valence-corrected chi connectivity index (χ4v) is 8.99. The van der Waals surface area contributed by atoms with Crippen LogP contribution in [-0.2, 0) is 29.3 Å². The summed E-state index contributed by atoms with van der Waals surface area (Å²) in [5.41, 5.74) is 14.9. The Hall–Kier alpha value is -5.10. The Kier molecular flexibility index (Phi) is 10.4. The van der Waals surface area contributed by atoms with Gasteiger partial charge in [0.15, 0.2) is 0 Å². The first kappa shape index (κ1) is 38.8. The zero-order chi connectivity index (χ0) is 40.0. The largest absolute Gasteiger partial charge is 0.243 e. The van der Waals surface area contributed by atoms with Crippen LogP contribution in [0.2, 0.25) is 0 Å². The van der Waals surface area contributed by atoms with Crippen LogP contribution < -0.4 is 0 Å². The minimum absolute atomic E-state index is 0.0534. The van der Waals surface area contributed by atoms with Gasteiger partial charge in [0.05, 0.1) is 0 Å². The van der Waals surface area contributed by atoms with Crippen LogP contribution in [0.4, 0.5) is 0 Å². The lowest BCUT2D eigenvalue weighted by molar-refractivity contribution is 0.246. The van der Waals surface area contributed by atoms with Crippen molar-refractivity contribution in [2.24, 2.45) is 0 Å². The summed E-state index contributed by atoms with van der Waals surface area (Å²) < 4.78 is 0. The molecule has 0 N–H and O–H groups in total. The van der Waals surface area contributed by atoms with Crippen molar-refractivity contribution in [2.75, 3.05) is 0 Å². The monoisotopic (exact) mass is 756 g/mol. The molecule has 5 aromatic carbocycles. The summed E-state index contributed by atoms with van der Waals surface area (Å²) in [6.45, 7) is 18.6. The molecule has 6 heteroatoms. The third kappa shape index (κ3) is 7.10. The van der Waals surface area contributed by atoms with Crippen molar-refractivity contribution in [1.82, 2.24) is 30.0 Å². The molecule has 2 heterocycles. The van der Waals surface area contributed by atoms with E-state index in [0.717, 1.165) is 57.2 Å². The van der Waals surface area contributed by atoms with Gasteiger partial charge in [0.25, 0.3) is 0 Å². The fraction of sp³-hybridized carbons (Fsp3) is 0.412. The topological polar surface area (TPSA) is 61.4 Å². The van der Waals surface area contributed by atoms with E-state index in [9.17, 15) is 0 Å². The van der Waals surface area contributed by atoms with Crippen LogP contribution in [-0.4, -0.2) is 30.0 Å². The van der Waals surface area contributed by atoms with Crippen LogP contribution in [0.25, 0.3) is 44.3 Å². The van der Waals surface area contributed by atoms with E-state index < -0.39 is 5.66 Å². The molecule has 0 spiro atoms. The lowest BCUT2D eigenvalue weighted by atomic mass is 9.78. The van der Waals surface area contributed by atoms with Crippen LogP contribution in [0, 0.1) is 0 Å². The van der Waals surface area contributed by atoms with Crippen molar-refractivity contribution in [1.29, 1.82) is 0 Å². The Morgan fingerprint density at radius 2 is 0.965 bits per heavy atom. The number of rotatable bonds is 13. The minimum atomic E-state index is -1.09. The number of unbranched alkanes of at least 4 members (excludes halogenated alkanes) is 6. The van der Waals surface area contributed by atoms with E-state index in [1.54, 1.807) is 0 Å². The summed E-state index contributed by atoms with van der Waals surface area (Å²) in [5, 5.41) is 21.1. The van der Waals surface area contributed by atoms with E-state index in [0.29, 0.717) is 0 Å². The Morgan fingerprint density at radius 3 is 1.46 bits per heavy atom. The number of hydrogen-bond donors (Lipinski definition) is 0. The molecule has 1 aliphatic rings. The van der Waals surface area contributed by atoms with E-state index >= 15 is 0 Å². The second kappa shape index (κ2) is 15.3. The molecule has 57 heavy (non-hydrogen) atoms. The second-order valence-electron chi connectivity index (χ2n) is 18.4. The van der Waals surface area contributed by atoms with Crippen LogP contribution in [0.3, 0.4) is 0 Å². The number of fused-ring (bicyclic) bond motifs is 5. The summed E-state index contributed by atoms with van der Waals surface area (Å²) in [5.74, 6) is 0. The second-order valence-corrected chi connectivity index (χ2v) is 18.4. The van der Waals surface area contributed by atoms with Crippen molar-refractivity contribution < 1.29 is 0 Å². The molecule has 294 valence electrons. The number of aryl methyl sites for hydroxylation is 2. The van der Waals surface area contributed by atoms with Gasteiger partial charge in [0, 0.05) is 11.1 Å². The fourth-order valence-electron chi connectivity index (χ4n) is 8.99. The number of benzene rings is 5. The highest BCUT2D eigenvalue weighted by Crippen LogP contribution is 2.52. The van der Waals surface area contributed by atoms with Gasteiger partial charge in [0.2, 0.25) is 5.66 Å². The third-order valence-corrected chi connectivity index (χ3v) is 12.1. The van der Waals surface area contributed by atoms with Gasteiger partial charge in [-0.05, 0) is 117 Å². The molecule has 1 aliphatic carbocycles. The predicted molar refractivity (Wildman–Crippen MR) is 237 cm³/mol. The highest BCUT2D eigenvalue weighted by Gasteiger charge is 2.51. The van der Waals surface area contributed by atoms with E-state index in [-0.39, 0.29) is 10.8 Å². The molecule has 0 saturated carbocycles. The summed E-state index contributed by atoms with van der Waals surface area (Å²) >= 11 is 0. The van der Waals surface area contributed by atoms with Crippen LogP contribution >= 0.6 is 0 Å². The highest BCUT2D eigenvalue weighted by molar-refractivity contribution is 5.86. The molecular formula is C51H60N6. The molecule has 0 bridgehead atoms. The van der Waals surface area contributed by atoms with Crippen LogP contribution in [0.5, 0.6) is 0 Å². The normalized spacial score (nSPS) is 13.8. The maximum Gasteiger partial charge on any atom is 0.243 e. The zero-order valence-electron chi connectivity index (χ0n) is 35.5. The van der Waals surface area contributed by atoms with Crippen molar-refractivity contribution in [3.8, 4) is 22.3 Å². The molecule has 0 unspecified atom stereocenters. The first-order chi connectivity index (χ1) is 27.4. The Bertz CT molecular complexity index is 2400. The summed E-state index contributed by atoms with van der Waals surface area (Å²) in [7, 11) is 0. The standard InChI is InChI=1S/C51H60N6/c1-9-11-13-15-21-35-32-42(50(6,7)8)37(22-16-14-12-10-2)31-41(35)36-27-29-39-40-30-28-38(49(3,4)5)34-44(40)51(43(39)33-36,56-52-45-23-17-18-24-46(45)53-56)57-54-47-25-19-20-26-48(47)55-57/h17-20,23-34H,9-16,21-22H2,1-8H3. The van der Waals surface area contributed by atoms with Gasteiger partial charge in [0.1, 0.15) is 22.1 Å². The summed E-state index contributed by atoms with van der Waals surface area (Å²) in [4.78, 5) is 3.82. The van der Waals surface area contributed by atoms with Gasteiger partial charge in [-0.25, -0.2) is 0 Å². The Morgan fingerprint density at radius 1 is 0.474 bits per heavy atom. The van der Waals surface area contributed by atoms with E-state index in [1.807, 2.05) is 58.1 Å². The molecule has 0 atom stereocenters. The SMILES string of the molecule is CCCCCCc1cc(C(C)(C)C)c(CCCCCC)cc1-c1ccc2c(c1)C(n1nc3ccccc3n1)(n1nc3ccccc3n1)c1cc(C(C)(C)C)ccc1-2. The number of nitrogens with zero attached hydrogens (tertiary/aromatic N) is 6. The highest BCUT2D eigenvalue weighted by atomic mass is 15.6. The van der Waals surface area contributed by atoms with Gasteiger partial charge in [-0.1, -0.05) is 155 Å². The van der Waals surface area contributed by atoms with Gasteiger partial charge in [-0.3, -0.25) is 0 Å². The summed E-state index contributed by atoms with van der Waals surface area (Å²) in [6, 6.07) is 35.5. The van der Waals surface area contributed by atoms with Crippen molar-refractivity contribution in [2.45, 2.75) is 136 Å². The molecule has 6 nitrogen and oxygen atoms in total. The van der Waals surface area contributed by atoms with E-state index in [2.05, 4.69) is 104 Å².